The third-order valence-corrected chi connectivity index (χ3v) is 7.05. The predicted molar refractivity (Wildman–Crippen MR) is 100 cm³/mol. The minimum absolute atomic E-state index is 0.171. The maximum Gasteiger partial charge on any atom is 0.239 e. The Bertz CT molecular complexity index is 784. The first-order valence-electron chi connectivity index (χ1n) is 8.83. The summed E-state index contributed by atoms with van der Waals surface area (Å²) in [5, 5.41) is 2.78. The second-order valence-corrected chi connectivity index (χ2v) is 8.49. The van der Waals surface area contributed by atoms with E-state index in [0.29, 0.717) is 5.41 Å². The van der Waals surface area contributed by atoms with Crippen molar-refractivity contribution >= 4 is 22.4 Å². The molecule has 0 aliphatic heterocycles. The highest BCUT2D eigenvalue weighted by molar-refractivity contribution is 7.14. The number of hydrogen-bond acceptors (Lipinski definition) is 4. The zero-order chi connectivity index (χ0) is 17.7. The van der Waals surface area contributed by atoms with E-state index in [0.717, 1.165) is 35.0 Å². The van der Waals surface area contributed by atoms with Crippen LogP contribution in [0.1, 0.15) is 43.4 Å². The van der Waals surface area contributed by atoms with Crippen LogP contribution in [0.15, 0.2) is 29.6 Å². The van der Waals surface area contributed by atoms with Crippen molar-refractivity contribution in [1.29, 1.82) is 0 Å². The van der Waals surface area contributed by atoms with E-state index in [-0.39, 0.29) is 5.91 Å². The molecule has 5 heteroatoms. The number of anilines is 1. The van der Waals surface area contributed by atoms with E-state index in [9.17, 15) is 4.79 Å². The van der Waals surface area contributed by atoms with E-state index in [1.165, 1.54) is 30.6 Å². The van der Waals surface area contributed by atoms with Crippen molar-refractivity contribution in [3.05, 3.63) is 40.9 Å². The van der Waals surface area contributed by atoms with E-state index < -0.39 is 5.41 Å². The quantitative estimate of drug-likeness (QED) is 0.819. The summed E-state index contributed by atoms with van der Waals surface area (Å²) in [5.74, 6) is 0.998. The fourth-order valence-corrected chi connectivity index (χ4v) is 5.32. The molecule has 2 saturated carbocycles. The highest BCUT2D eigenvalue weighted by atomic mass is 32.1. The normalized spacial score (nSPS) is 19.8. The summed E-state index contributed by atoms with van der Waals surface area (Å²) in [4.78, 5) is 19.8. The summed E-state index contributed by atoms with van der Waals surface area (Å²) in [6.45, 7) is 1.96. The lowest BCUT2D eigenvalue weighted by Crippen LogP contribution is -2.60. The number of rotatable bonds is 4. The molecular formula is C20H24N2O2S. The topological polar surface area (TPSA) is 42.4 Å². The first kappa shape index (κ1) is 16.6. The lowest BCUT2D eigenvalue weighted by atomic mass is 9.43. The van der Waals surface area contributed by atoms with Crippen molar-refractivity contribution in [2.24, 2.45) is 5.41 Å². The number of likely N-dealkylation sites (N-methyl/N-ethyl adjacent to an activating group) is 1. The zero-order valence-electron chi connectivity index (χ0n) is 15.0. The number of aryl methyl sites for hydroxylation is 1. The van der Waals surface area contributed by atoms with Crippen molar-refractivity contribution in [3.63, 3.8) is 0 Å². The Morgan fingerprint density at radius 3 is 2.40 bits per heavy atom. The third kappa shape index (κ3) is 2.56. The summed E-state index contributed by atoms with van der Waals surface area (Å²) in [6.07, 6.45) is 5.74. The molecule has 0 atom stereocenters. The first-order valence-corrected chi connectivity index (χ1v) is 9.71. The lowest BCUT2D eigenvalue weighted by Gasteiger charge is -2.60. The van der Waals surface area contributed by atoms with Gasteiger partial charge in [-0.05, 0) is 55.7 Å². The van der Waals surface area contributed by atoms with Crippen LogP contribution < -0.4 is 9.64 Å². The maximum atomic E-state index is 13.5. The van der Waals surface area contributed by atoms with Crippen molar-refractivity contribution in [1.82, 2.24) is 4.98 Å². The molecule has 25 heavy (non-hydrogen) atoms. The number of benzene rings is 1. The molecule has 2 aliphatic rings. The van der Waals surface area contributed by atoms with Gasteiger partial charge in [0.05, 0.1) is 18.2 Å². The van der Waals surface area contributed by atoms with Gasteiger partial charge in [-0.15, -0.1) is 11.3 Å². The van der Waals surface area contributed by atoms with Crippen molar-refractivity contribution in [3.8, 4) is 5.75 Å². The molecule has 4 nitrogen and oxygen atoms in total. The van der Waals surface area contributed by atoms with Crippen LogP contribution in [0.25, 0.3) is 0 Å². The van der Waals surface area contributed by atoms with Crippen LogP contribution >= 0.6 is 11.3 Å². The number of aromatic nitrogens is 1. The van der Waals surface area contributed by atoms with Crippen LogP contribution in [-0.4, -0.2) is 25.0 Å². The molecule has 1 spiro atoms. The molecule has 0 saturated heterocycles. The summed E-state index contributed by atoms with van der Waals surface area (Å²) < 4.78 is 5.28. The van der Waals surface area contributed by atoms with Crippen molar-refractivity contribution in [2.75, 3.05) is 19.1 Å². The molecule has 1 heterocycles. The predicted octanol–water partition coefficient (Wildman–Crippen LogP) is 4.33. The average molecular weight is 356 g/mol. The summed E-state index contributed by atoms with van der Waals surface area (Å²) in [5.41, 5.74) is 2.05. The van der Waals surface area contributed by atoms with Crippen LogP contribution in [-0.2, 0) is 10.2 Å². The molecule has 2 fully saturated rings. The van der Waals surface area contributed by atoms with Gasteiger partial charge in [-0.2, -0.15) is 0 Å². The van der Waals surface area contributed by atoms with Crippen molar-refractivity contribution < 1.29 is 9.53 Å². The van der Waals surface area contributed by atoms with E-state index in [1.54, 1.807) is 12.0 Å². The molecule has 0 N–H and O–H groups in total. The van der Waals surface area contributed by atoms with Gasteiger partial charge in [0.1, 0.15) is 5.75 Å². The van der Waals surface area contributed by atoms with E-state index in [4.69, 9.17) is 4.74 Å². The minimum atomic E-state index is -0.416. The Hall–Kier alpha value is -1.88. The Morgan fingerprint density at radius 1 is 1.24 bits per heavy atom. The van der Waals surface area contributed by atoms with Crippen molar-refractivity contribution in [2.45, 2.75) is 44.4 Å². The van der Waals surface area contributed by atoms with Gasteiger partial charge in [0, 0.05) is 12.4 Å². The summed E-state index contributed by atoms with van der Waals surface area (Å²) >= 11 is 1.53. The number of carbonyl (C=O) groups excluding carboxylic acids is 1. The van der Waals surface area contributed by atoms with Crippen LogP contribution in [0.5, 0.6) is 5.75 Å². The minimum Gasteiger partial charge on any atom is -0.497 e. The largest absolute Gasteiger partial charge is 0.497 e. The SMILES string of the molecule is COc1ccc(C2(C(=O)N(C)c3nc(C)cs3)CC3(CCC3)C2)cc1. The monoisotopic (exact) mass is 356 g/mol. The van der Waals surface area contributed by atoms with Gasteiger partial charge in [0.15, 0.2) is 5.13 Å². The van der Waals surface area contributed by atoms with Crippen LogP contribution in [0.2, 0.25) is 0 Å². The van der Waals surface area contributed by atoms with E-state index >= 15 is 0 Å². The van der Waals surface area contributed by atoms with Gasteiger partial charge in [-0.25, -0.2) is 4.98 Å². The standard InChI is InChI=1S/C20H24N2O2S/c1-14-11-25-18(21-14)22(2)17(23)20(12-19(13-20)9-4-10-19)15-5-7-16(24-3)8-6-15/h5-8,11H,4,9-10,12-13H2,1-3H3. The molecule has 1 aromatic heterocycles. The van der Waals surface area contributed by atoms with Gasteiger partial charge in [-0.3, -0.25) is 9.69 Å². The summed E-state index contributed by atoms with van der Waals surface area (Å²) in [6, 6.07) is 8.04. The molecule has 1 aromatic carbocycles. The fourth-order valence-electron chi connectivity index (χ4n) is 4.55. The Morgan fingerprint density at radius 2 is 1.92 bits per heavy atom. The van der Waals surface area contributed by atoms with Gasteiger partial charge in [-0.1, -0.05) is 18.6 Å². The van der Waals surface area contributed by atoms with E-state index in [1.807, 2.05) is 31.5 Å². The Balaban J connectivity index is 1.67. The number of hydrogen-bond donors (Lipinski definition) is 0. The maximum absolute atomic E-state index is 13.5. The van der Waals surface area contributed by atoms with Gasteiger partial charge in [0.2, 0.25) is 5.91 Å². The smallest absolute Gasteiger partial charge is 0.239 e. The van der Waals surface area contributed by atoms with E-state index in [2.05, 4.69) is 17.1 Å². The Kier molecular flexibility index (Phi) is 3.87. The molecular weight excluding hydrogens is 332 g/mol. The molecule has 0 unspecified atom stereocenters. The highest BCUT2D eigenvalue weighted by Crippen LogP contribution is 2.65. The van der Waals surface area contributed by atoms with Crippen LogP contribution in [0.4, 0.5) is 5.13 Å². The second kappa shape index (κ2) is 5.84. The number of carbonyl (C=O) groups is 1. The number of methoxy groups -OCH3 is 1. The molecule has 0 radical (unpaired) electrons. The number of nitrogens with zero attached hydrogens (tertiary/aromatic N) is 2. The average Bonchev–Trinajstić information content (AvgIpc) is 2.99. The van der Waals surface area contributed by atoms with Crippen LogP contribution in [0.3, 0.4) is 0 Å². The molecule has 0 bridgehead atoms. The van der Waals surface area contributed by atoms with Crippen LogP contribution in [0, 0.1) is 12.3 Å². The lowest BCUT2D eigenvalue weighted by molar-refractivity contribution is -0.139. The first-order chi connectivity index (χ1) is 12.0. The Labute approximate surface area is 152 Å². The zero-order valence-corrected chi connectivity index (χ0v) is 15.9. The fraction of sp³-hybridized carbons (Fsp3) is 0.500. The number of thiazole rings is 1. The molecule has 1 amide bonds. The number of amides is 1. The van der Waals surface area contributed by atoms with Gasteiger partial charge < -0.3 is 4.74 Å². The van der Waals surface area contributed by atoms with Gasteiger partial charge >= 0.3 is 0 Å². The highest BCUT2D eigenvalue weighted by Gasteiger charge is 2.62. The van der Waals surface area contributed by atoms with Gasteiger partial charge in [0.25, 0.3) is 0 Å². The molecule has 2 aliphatic carbocycles. The molecule has 132 valence electrons. The molecule has 4 rings (SSSR count). The number of ether oxygens (including phenoxy) is 1. The molecule has 2 aromatic rings. The third-order valence-electron chi connectivity index (χ3n) is 6.02. The second-order valence-electron chi connectivity index (χ2n) is 7.65. The summed E-state index contributed by atoms with van der Waals surface area (Å²) in [7, 11) is 3.53.